The molecule has 2 heterocycles. The van der Waals surface area contributed by atoms with Crippen LogP contribution in [0.2, 0.25) is 0 Å². The van der Waals surface area contributed by atoms with Gasteiger partial charge in [0.15, 0.2) is 0 Å². The number of aromatic nitrogens is 1. The van der Waals surface area contributed by atoms with Crippen molar-refractivity contribution < 1.29 is 0 Å². The molecule has 21 heavy (non-hydrogen) atoms. The molecule has 0 amide bonds. The Labute approximate surface area is 127 Å². The summed E-state index contributed by atoms with van der Waals surface area (Å²) in [5, 5.41) is 4.99. The lowest BCUT2D eigenvalue weighted by Gasteiger charge is -2.20. The summed E-state index contributed by atoms with van der Waals surface area (Å²) in [4.78, 5) is 7.05. The van der Waals surface area contributed by atoms with Crippen molar-refractivity contribution in [2.24, 2.45) is 0 Å². The van der Waals surface area contributed by atoms with Gasteiger partial charge in [-0.15, -0.1) is 0 Å². The molecule has 0 saturated carbocycles. The minimum absolute atomic E-state index is 0.581. The quantitative estimate of drug-likeness (QED) is 0.922. The smallest absolute Gasteiger partial charge is 0.0722 e. The lowest BCUT2D eigenvalue weighted by molar-refractivity contribution is 0.285. The van der Waals surface area contributed by atoms with Gasteiger partial charge in [0.05, 0.1) is 5.52 Å². The van der Waals surface area contributed by atoms with Crippen LogP contribution in [-0.2, 0) is 0 Å². The van der Waals surface area contributed by atoms with Gasteiger partial charge in [-0.25, -0.2) is 0 Å². The topological polar surface area (TPSA) is 28.2 Å². The van der Waals surface area contributed by atoms with Gasteiger partial charge in [0.2, 0.25) is 0 Å². The average Bonchev–Trinajstić information content (AvgIpc) is 2.74. The molecule has 2 aromatic rings. The van der Waals surface area contributed by atoms with Gasteiger partial charge in [0.1, 0.15) is 0 Å². The summed E-state index contributed by atoms with van der Waals surface area (Å²) in [5.74, 6) is 0. The fourth-order valence-corrected chi connectivity index (χ4v) is 3.29. The zero-order valence-electron chi connectivity index (χ0n) is 12.9. The van der Waals surface area contributed by atoms with E-state index < -0.39 is 0 Å². The van der Waals surface area contributed by atoms with Crippen LogP contribution in [0.5, 0.6) is 0 Å². The van der Waals surface area contributed by atoms with E-state index >= 15 is 0 Å². The molecule has 1 unspecified atom stereocenters. The van der Waals surface area contributed by atoms with Crippen molar-refractivity contribution in [3.05, 3.63) is 36.5 Å². The summed E-state index contributed by atoms with van der Waals surface area (Å²) in [7, 11) is 0. The predicted molar refractivity (Wildman–Crippen MR) is 89.7 cm³/mol. The number of rotatable bonds is 4. The van der Waals surface area contributed by atoms with E-state index in [0.29, 0.717) is 6.04 Å². The molecule has 1 fully saturated rings. The maximum Gasteiger partial charge on any atom is 0.0722 e. The monoisotopic (exact) mass is 283 g/mol. The summed E-state index contributed by atoms with van der Waals surface area (Å²) < 4.78 is 0. The maximum absolute atomic E-state index is 4.44. The van der Waals surface area contributed by atoms with Crippen molar-refractivity contribution in [2.75, 3.05) is 25.0 Å². The van der Waals surface area contributed by atoms with Gasteiger partial charge >= 0.3 is 0 Å². The molecule has 1 aromatic heterocycles. The van der Waals surface area contributed by atoms with Gasteiger partial charge in [-0.3, -0.25) is 4.98 Å². The number of hydrogen-bond donors (Lipinski definition) is 1. The highest BCUT2D eigenvalue weighted by molar-refractivity contribution is 5.91. The molecule has 1 aromatic carbocycles. The van der Waals surface area contributed by atoms with Crippen molar-refractivity contribution in [1.29, 1.82) is 0 Å². The fraction of sp³-hybridized carbons (Fsp3) is 0.500. The Morgan fingerprint density at radius 1 is 1.19 bits per heavy atom. The lowest BCUT2D eigenvalue weighted by Crippen LogP contribution is -2.27. The van der Waals surface area contributed by atoms with Crippen molar-refractivity contribution in [3.8, 4) is 0 Å². The summed E-state index contributed by atoms with van der Waals surface area (Å²) in [6, 6.07) is 11.1. The molecule has 1 aliphatic heterocycles. The van der Waals surface area contributed by atoms with Crippen LogP contribution < -0.4 is 5.32 Å². The van der Waals surface area contributed by atoms with E-state index in [2.05, 4.69) is 46.4 Å². The lowest BCUT2D eigenvalue weighted by atomic mass is 10.1. The van der Waals surface area contributed by atoms with Gasteiger partial charge in [-0.05, 0) is 63.0 Å². The van der Waals surface area contributed by atoms with Crippen LogP contribution in [0.3, 0.4) is 0 Å². The standard InChI is InChI=1S/C18H25N3/c1-2-12-21-13-5-6-15(10-14-21)20-18-9-3-8-17-16(18)7-4-11-19-17/h3-4,7-9,11,15,20H,2,5-6,10,12-14H2,1H3. The molecule has 0 spiro atoms. The molecular formula is C18H25N3. The minimum atomic E-state index is 0.581. The first-order valence-corrected chi connectivity index (χ1v) is 8.19. The van der Waals surface area contributed by atoms with Gasteiger partial charge in [-0.1, -0.05) is 13.0 Å². The molecule has 0 bridgehead atoms. The number of nitrogens with one attached hydrogen (secondary N) is 1. The van der Waals surface area contributed by atoms with E-state index in [1.165, 1.54) is 56.4 Å². The van der Waals surface area contributed by atoms with E-state index in [9.17, 15) is 0 Å². The first kappa shape index (κ1) is 14.3. The minimum Gasteiger partial charge on any atom is -0.382 e. The molecule has 1 aliphatic rings. The predicted octanol–water partition coefficient (Wildman–Crippen LogP) is 3.91. The zero-order valence-corrected chi connectivity index (χ0v) is 12.9. The largest absolute Gasteiger partial charge is 0.382 e. The highest BCUT2D eigenvalue weighted by Crippen LogP contribution is 2.24. The van der Waals surface area contributed by atoms with Crippen molar-refractivity contribution in [2.45, 2.75) is 38.6 Å². The van der Waals surface area contributed by atoms with Crippen LogP contribution >= 0.6 is 0 Å². The Morgan fingerprint density at radius 3 is 3.05 bits per heavy atom. The van der Waals surface area contributed by atoms with Crippen LogP contribution in [-0.4, -0.2) is 35.6 Å². The first-order chi connectivity index (χ1) is 10.4. The summed E-state index contributed by atoms with van der Waals surface area (Å²) in [6.07, 6.45) is 6.90. The third-order valence-corrected chi connectivity index (χ3v) is 4.37. The molecule has 1 atom stereocenters. The number of pyridine rings is 1. The zero-order chi connectivity index (χ0) is 14.5. The summed E-state index contributed by atoms with van der Waals surface area (Å²) in [6.45, 7) is 5.98. The third-order valence-electron chi connectivity index (χ3n) is 4.37. The second-order valence-corrected chi connectivity index (χ2v) is 5.99. The van der Waals surface area contributed by atoms with Gasteiger partial charge in [0, 0.05) is 29.9 Å². The van der Waals surface area contributed by atoms with Gasteiger partial charge in [0.25, 0.3) is 0 Å². The Kier molecular flexibility index (Phi) is 4.71. The average molecular weight is 283 g/mol. The normalized spacial score (nSPS) is 20.3. The number of fused-ring (bicyclic) bond motifs is 1. The molecular weight excluding hydrogens is 258 g/mol. The van der Waals surface area contributed by atoms with E-state index in [1.54, 1.807) is 0 Å². The molecule has 0 radical (unpaired) electrons. The number of likely N-dealkylation sites (tertiary alicyclic amines) is 1. The van der Waals surface area contributed by atoms with E-state index in [1.807, 2.05) is 12.3 Å². The second kappa shape index (κ2) is 6.90. The van der Waals surface area contributed by atoms with E-state index in [0.717, 1.165) is 5.52 Å². The Hall–Kier alpha value is -1.61. The highest BCUT2D eigenvalue weighted by atomic mass is 15.1. The molecule has 3 nitrogen and oxygen atoms in total. The molecule has 3 rings (SSSR count). The molecule has 3 heteroatoms. The number of nitrogens with zero attached hydrogens (tertiary/aromatic N) is 2. The van der Waals surface area contributed by atoms with Crippen LogP contribution in [0.15, 0.2) is 36.5 Å². The number of benzene rings is 1. The van der Waals surface area contributed by atoms with Crippen molar-refractivity contribution in [3.63, 3.8) is 0 Å². The molecule has 1 N–H and O–H groups in total. The van der Waals surface area contributed by atoms with Crippen LogP contribution in [0.1, 0.15) is 32.6 Å². The highest BCUT2D eigenvalue weighted by Gasteiger charge is 2.16. The van der Waals surface area contributed by atoms with Crippen molar-refractivity contribution in [1.82, 2.24) is 9.88 Å². The first-order valence-electron chi connectivity index (χ1n) is 8.19. The summed E-state index contributed by atoms with van der Waals surface area (Å²) in [5.41, 5.74) is 2.30. The van der Waals surface area contributed by atoms with Crippen LogP contribution in [0.4, 0.5) is 5.69 Å². The molecule has 112 valence electrons. The van der Waals surface area contributed by atoms with Gasteiger partial charge in [-0.2, -0.15) is 0 Å². The molecule has 0 aliphatic carbocycles. The Bertz CT molecular complexity index is 576. The van der Waals surface area contributed by atoms with Crippen molar-refractivity contribution >= 4 is 16.6 Å². The third kappa shape index (κ3) is 3.53. The maximum atomic E-state index is 4.44. The van der Waals surface area contributed by atoms with Crippen LogP contribution in [0, 0.1) is 0 Å². The van der Waals surface area contributed by atoms with E-state index in [-0.39, 0.29) is 0 Å². The van der Waals surface area contributed by atoms with E-state index in [4.69, 9.17) is 0 Å². The fourth-order valence-electron chi connectivity index (χ4n) is 3.29. The SMILES string of the molecule is CCCN1CCCC(Nc2cccc3ncccc23)CC1. The number of hydrogen-bond acceptors (Lipinski definition) is 3. The summed E-state index contributed by atoms with van der Waals surface area (Å²) >= 11 is 0. The molecule has 1 saturated heterocycles. The number of anilines is 1. The Balaban J connectivity index is 1.70. The van der Waals surface area contributed by atoms with Crippen LogP contribution in [0.25, 0.3) is 10.9 Å². The second-order valence-electron chi connectivity index (χ2n) is 5.99. The Morgan fingerprint density at radius 2 is 2.14 bits per heavy atom. The van der Waals surface area contributed by atoms with Gasteiger partial charge < -0.3 is 10.2 Å².